The fourth-order valence-corrected chi connectivity index (χ4v) is 8.27. The molecule has 0 aromatic heterocycles. The van der Waals surface area contributed by atoms with Gasteiger partial charge in [0.25, 0.3) is 5.69 Å². The van der Waals surface area contributed by atoms with Crippen molar-refractivity contribution in [2.45, 2.75) is 19.8 Å². The minimum Gasteiger partial charge on any atom is -0.504 e. The number of phenols is 1. The number of allylic oxidation sites excluding steroid dienone is 3. The van der Waals surface area contributed by atoms with E-state index in [9.17, 15) is 38.8 Å². The molecule has 4 aliphatic rings. The van der Waals surface area contributed by atoms with Crippen LogP contribution in [-0.4, -0.2) is 40.8 Å². The summed E-state index contributed by atoms with van der Waals surface area (Å²) in [5, 5.41) is 21.3. The Bertz CT molecular complexity index is 2050. The van der Waals surface area contributed by atoms with E-state index in [0.29, 0.717) is 5.56 Å². The Labute approximate surface area is 284 Å². The molecular formula is C36H29ClFN3O8. The number of nitro benzene ring substituents is 1. The van der Waals surface area contributed by atoms with Crippen LogP contribution in [0.15, 0.2) is 78.4 Å². The van der Waals surface area contributed by atoms with Crippen molar-refractivity contribution in [1.82, 2.24) is 0 Å². The highest BCUT2D eigenvalue weighted by Gasteiger charge is 2.67. The number of hydrogen-bond acceptors (Lipinski definition) is 8. The molecule has 49 heavy (non-hydrogen) atoms. The van der Waals surface area contributed by atoms with Gasteiger partial charge in [0.2, 0.25) is 23.6 Å². The van der Waals surface area contributed by atoms with E-state index in [1.807, 2.05) is 6.08 Å². The molecule has 1 saturated carbocycles. The quantitative estimate of drug-likeness (QED) is 0.142. The number of methoxy groups -OCH3 is 1. The normalized spacial score (nSPS) is 27.7. The number of rotatable bonds is 6. The Morgan fingerprint density at radius 1 is 1.00 bits per heavy atom. The average Bonchev–Trinajstić information content (AvgIpc) is 3.45. The number of non-ortho nitro benzene ring substituents is 1. The zero-order valence-corrected chi connectivity index (χ0v) is 27.0. The first kappa shape index (κ1) is 32.2. The van der Waals surface area contributed by atoms with Crippen LogP contribution in [0.4, 0.5) is 21.5 Å². The third-order valence-electron chi connectivity index (χ3n) is 10.5. The molecular weight excluding hydrogens is 657 g/mol. The number of benzene rings is 3. The van der Waals surface area contributed by atoms with Gasteiger partial charge in [-0.2, -0.15) is 0 Å². The topological polar surface area (TPSA) is 147 Å². The molecule has 2 aliphatic carbocycles. The van der Waals surface area contributed by atoms with Crippen molar-refractivity contribution >= 4 is 58.4 Å². The molecule has 7 rings (SSSR count). The molecule has 0 radical (unpaired) electrons. The molecule has 3 aromatic rings. The van der Waals surface area contributed by atoms with Crippen molar-refractivity contribution < 1.29 is 38.3 Å². The number of anilines is 2. The number of imide groups is 2. The second-order valence-electron chi connectivity index (χ2n) is 12.9. The van der Waals surface area contributed by atoms with Gasteiger partial charge >= 0.3 is 0 Å². The van der Waals surface area contributed by atoms with Crippen LogP contribution < -0.4 is 14.5 Å². The van der Waals surface area contributed by atoms with Gasteiger partial charge in [-0.15, -0.1) is 0 Å². The van der Waals surface area contributed by atoms with Gasteiger partial charge < -0.3 is 9.84 Å². The second-order valence-corrected chi connectivity index (χ2v) is 13.3. The zero-order valence-electron chi connectivity index (χ0n) is 26.2. The van der Waals surface area contributed by atoms with Gasteiger partial charge in [0, 0.05) is 18.1 Å². The first-order valence-corrected chi connectivity index (χ1v) is 16.0. The maximum atomic E-state index is 14.4. The SMILES string of the molecule is COc1cc(C=C[C@H]2C3=CC[C@@H]4C(=O)N(c5cccc([N+](=O)[O-])c5)C(=O)[C@@H]4[C@@H]3C[C@H]3C(=O)N(c4ccc(F)c(Cl)c4)C(=O)[C@@]23C)ccc1O. The molecule has 2 saturated heterocycles. The molecule has 3 fully saturated rings. The van der Waals surface area contributed by atoms with E-state index >= 15 is 0 Å². The Hall–Kier alpha value is -5.36. The summed E-state index contributed by atoms with van der Waals surface area (Å²) in [6.07, 6.45) is 5.68. The molecule has 0 spiro atoms. The Morgan fingerprint density at radius 2 is 1.76 bits per heavy atom. The van der Waals surface area contributed by atoms with E-state index in [-0.39, 0.29) is 46.4 Å². The van der Waals surface area contributed by atoms with E-state index in [2.05, 4.69) is 0 Å². The largest absolute Gasteiger partial charge is 0.504 e. The number of nitro groups is 1. The first-order valence-electron chi connectivity index (χ1n) is 15.6. The Kier molecular flexibility index (Phi) is 7.66. The molecule has 250 valence electrons. The predicted octanol–water partition coefficient (Wildman–Crippen LogP) is 6.08. The van der Waals surface area contributed by atoms with Crippen LogP contribution in [0.2, 0.25) is 5.02 Å². The number of phenolic OH excluding ortho intramolecular Hbond substituents is 1. The van der Waals surface area contributed by atoms with Crippen LogP contribution in [0.1, 0.15) is 25.3 Å². The smallest absolute Gasteiger partial charge is 0.271 e. The lowest BCUT2D eigenvalue weighted by Crippen LogP contribution is -2.49. The number of nitrogens with zero attached hydrogens (tertiary/aromatic N) is 3. The van der Waals surface area contributed by atoms with E-state index in [1.165, 1.54) is 49.6 Å². The average molecular weight is 686 g/mol. The van der Waals surface area contributed by atoms with Crippen LogP contribution in [0.25, 0.3) is 6.08 Å². The van der Waals surface area contributed by atoms with Gasteiger partial charge in [0.05, 0.1) is 51.6 Å². The van der Waals surface area contributed by atoms with E-state index < -0.39 is 69.4 Å². The van der Waals surface area contributed by atoms with Gasteiger partial charge in [-0.1, -0.05) is 47.5 Å². The van der Waals surface area contributed by atoms with Crippen molar-refractivity contribution in [2.75, 3.05) is 16.9 Å². The first-order chi connectivity index (χ1) is 23.4. The molecule has 13 heteroatoms. The van der Waals surface area contributed by atoms with Gasteiger partial charge in [-0.3, -0.25) is 29.3 Å². The molecule has 1 N–H and O–H groups in total. The van der Waals surface area contributed by atoms with Crippen molar-refractivity contribution in [3.8, 4) is 11.5 Å². The van der Waals surface area contributed by atoms with Crippen LogP contribution in [0, 0.1) is 50.9 Å². The van der Waals surface area contributed by atoms with Crippen LogP contribution in [-0.2, 0) is 19.2 Å². The molecule has 0 unspecified atom stereocenters. The minimum atomic E-state index is -1.34. The van der Waals surface area contributed by atoms with E-state index in [4.69, 9.17) is 16.3 Å². The maximum absolute atomic E-state index is 14.4. The Morgan fingerprint density at radius 3 is 2.47 bits per heavy atom. The summed E-state index contributed by atoms with van der Waals surface area (Å²) in [5.41, 5.74) is -0.0480. The summed E-state index contributed by atoms with van der Waals surface area (Å²) in [4.78, 5) is 69.5. The summed E-state index contributed by atoms with van der Waals surface area (Å²) in [6, 6.07) is 13.7. The summed E-state index contributed by atoms with van der Waals surface area (Å²) in [5.74, 6) is -6.51. The summed E-state index contributed by atoms with van der Waals surface area (Å²) in [6.45, 7) is 1.70. The monoisotopic (exact) mass is 685 g/mol. The molecule has 6 atom stereocenters. The van der Waals surface area contributed by atoms with Crippen molar-refractivity contribution in [3.05, 3.63) is 105 Å². The van der Waals surface area contributed by atoms with E-state index in [0.717, 1.165) is 21.4 Å². The van der Waals surface area contributed by atoms with Gasteiger partial charge in [0.1, 0.15) is 5.82 Å². The Balaban J connectivity index is 1.33. The highest BCUT2D eigenvalue weighted by Crippen LogP contribution is 2.61. The van der Waals surface area contributed by atoms with Crippen molar-refractivity contribution in [1.29, 1.82) is 0 Å². The third-order valence-corrected chi connectivity index (χ3v) is 10.8. The molecule has 2 aliphatic heterocycles. The predicted molar refractivity (Wildman–Crippen MR) is 176 cm³/mol. The number of carbonyl (C=O) groups is 4. The lowest BCUT2D eigenvalue weighted by molar-refractivity contribution is -0.384. The molecule has 11 nitrogen and oxygen atoms in total. The van der Waals surface area contributed by atoms with Crippen LogP contribution in [0.5, 0.6) is 11.5 Å². The standard InChI is InChI=1S/C36H29ClFN3O8/c1-36-25(11-6-18-7-13-29(42)30(14-18)49-2)22-9-10-23-31(34(45)39(32(23)43)19-4-3-5-21(15-19)41(47)48)24(22)17-26(36)33(44)40(35(36)46)20-8-12-28(38)27(37)16-20/h3-9,11-16,23-26,31,42H,10,17H2,1-2H3/t23-,24+,25-,26-,31-,36-/m0/s1. The number of carbonyl (C=O) groups excluding carboxylic acids is 4. The fourth-order valence-electron chi connectivity index (χ4n) is 8.09. The van der Waals surface area contributed by atoms with Gasteiger partial charge in [-0.25, -0.2) is 14.2 Å². The molecule has 4 amide bonds. The molecule has 0 bridgehead atoms. The maximum Gasteiger partial charge on any atom is 0.271 e. The van der Waals surface area contributed by atoms with Crippen molar-refractivity contribution in [3.63, 3.8) is 0 Å². The second kappa shape index (κ2) is 11.7. The van der Waals surface area contributed by atoms with E-state index in [1.54, 1.807) is 31.2 Å². The number of halogens is 2. The van der Waals surface area contributed by atoms with Crippen molar-refractivity contribution in [2.24, 2.45) is 35.0 Å². The number of fused-ring (bicyclic) bond motifs is 4. The fraction of sp³-hybridized carbons (Fsp3) is 0.278. The lowest BCUT2D eigenvalue weighted by atomic mass is 9.52. The number of ether oxygens (including phenoxy) is 1. The van der Waals surface area contributed by atoms with Crippen LogP contribution in [0.3, 0.4) is 0 Å². The third kappa shape index (κ3) is 4.84. The van der Waals surface area contributed by atoms with Crippen LogP contribution >= 0.6 is 11.6 Å². The summed E-state index contributed by atoms with van der Waals surface area (Å²) in [7, 11) is 1.42. The highest BCUT2D eigenvalue weighted by atomic mass is 35.5. The number of hydrogen-bond donors (Lipinski definition) is 1. The summed E-state index contributed by atoms with van der Waals surface area (Å²) < 4.78 is 19.4. The zero-order chi connectivity index (χ0) is 34.9. The molecule has 2 heterocycles. The molecule has 3 aromatic carbocycles. The number of amides is 4. The highest BCUT2D eigenvalue weighted by molar-refractivity contribution is 6.31. The number of aromatic hydroxyl groups is 1. The minimum absolute atomic E-state index is 0.0617. The lowest BCUT2D eigenvalue weighted by Gasteiger charge is -2.47. The van der Waals surface area contributed by atoms with Gasteiger partial charge in [0.15, 0.2) is 11.5 Å². The summed E-state index contributed by atoms with van der Waals surface area (Å²) >= 11 is 6.05. The van der Waals surface area contributed by atoms with Gasteiger partial charge in [-0.05, 0) is 67.6 Å².